The number of esters is 2. The van der Waals surface area contributed by atoms with Gasteiger partial charge in [-0.25, -0.2) is 4.79 Å². The lowest BCUT2D eigenvalue weighted by atomic mass is 9.98. The largest absolute Gasteiger partial charge is 0.463 e. The van der Waals surface area contributed by atoms with Gasteiger partial charge >= 0.3 is 18.0 Å². The standard InChI is InChI=1S/C51H48N4O9/c1-51(2,3)64-50(61)54-27-47(58)55-34-25-32(20-22-45(56)52-28-48(59)62-30-43-39-16-8-4-12-35(39)36-13-5-9-17-40(36)43)24-33(26-34)21-23-46(57)53-29-49(60)63-31-44-41-18-10-6-14-37(41)38-15-7-11-19-42(38)44/h4-26,43-44H,27-31H2,1-3H3,(H,52,56)(H,53,57)(H,54,61)(H,55,58)/b22-20+,23-21+. The van der Waals surface area contributed by atoms with Crippen LogP contribution >= 0.6 is 0 Å². The summed E-state index contributed by atoms with van der Waals surface area (Å²) in [6, 6.07) is 36.8. The van der Waals surface area contributed by atoms with Crippen LogP contribution in [0.1, 0.15) is 66.0 Å². The van der Waals surface area contributed by atoms with Crippen LogP contribution in [-0.4, -0.2) is 74.2 Å². The molecule has 0 saturated carbocycles. The van der Waals surface area contributed by atoms with Gasteiger partial charge in [0.25, 0.3) is 0 Å². The molecule has 0 aromatic heterocycles. The van der Waals surface area contributed by atoms with Crippen molar-refractivity contribution < 1.29 is 43.0 Å². The van der Waals surface area contributed by atoms with Gasteiger partial charge in [-0.05, 0) is 107 Å². The SMILES string of the molecule is CC(C)(C)OC(=O)NCC(=O)Nc1cc(/C=C/C(=O)NCC(=O)OCC2c3ccccc3-c3ccccc32)cc(/C=C/C(=O)NCC(=O)OCC2c3ccccc3-c3ccccc32)c1. The Morgan fingerprint density at radius 2 is 0.922 bits per heavy atom. The van der Waals surface area contributed by atoms with Crippen LogP contribution in [0.4, 0.5) is 10.5 Å². The van der Waals surface area contributed by atoms with Crippen molar-refractivity contribution in [2.75, 3.05) is 38.2 Å². The monoisotopic (exact) mass is 860 g/mol. The van der Waals surface area contributed by atoms with Crippen molar-refractivity contribution in [1.82, 2.24) is 16.0 Å². The van der Waals surface area contributed by atoms with Gasteiger partial charge in [0.1, 0.15) is 38.4 Å². The lowest BCUT2D eigenvalue weighted by Gasteiger charge is -2.19. The second-order valence-electron chi connectivity index (χ2n) is 16.2. The van der Waals surface area contributed by atoms with Crippen LogP contribution in [0.15, 0.2) is 127 Å². The highest BCUT2D eigenvalue weighted by Crippen LogP contribution is 2.45. The Morgan fingerprint density at radius 1 is 0.531 bits per heavy atom. The zero-order valence-electron chi connectivity index (χ0n) is 35.6. The van der Waals surface area contributed by atoms with Crippen molar-refractivity contribution in [3.63, 3.8) is 0 Å². The first-order valence-electron chi connectivity index (χ1n) is 20.8. The summed E-state index contributed by atoms with van der Waals surface area (Å²) in [6.07, 6.45) is 4.61. The highest BCUT2D eigenvalue weighted by molar-refractivity contribution is 5.97. The van der Waals surface area contributed by atoms with Crippen LogP contribution in [0.3, 0.4) is 0 Å². The number of hydrogen-bond acceptors (Lipinski definition) is 9. The summed E-state index contributed by atoms with van der Waals surface area (Å²) in [4.78, 5) is 76.1. The zero-order valence-corrected chi connectivity index (χ0v) is 35.6. The lowest BCUT2D eigenvalue weighted by Crippen LogP contribution is -2.37. The number of anilines is 1. The summed E-state index contributed by atoms with van der Waals surface area (Å²) in [5.41, 5.74) is 9.14. The van der Waals surface area contributed by atoms with Crippen molar-refractivity contribution in [3.05, 3.63) is 161 Å². The molecule has 7 rings (SSSR count). The second-order valence-corrected chi connectivity index (χ2v) is 16.2. The molecular weight excluding hydrogens is 813 g/mol. The number of ether oxygens (including phenoxy) is 3. The summed E-state index contributed by atoms with van der Waals surface area (Å²) in [5.74, 6) is -3.16. The molecule has 326 valence electrons. The maximum atomic E-state index is 12.8. The Morgan fingerprint density at radius 3 is 1.31 bits per heavy atom. The van der Waals surface area contributed by atoms with Crippen LogP contribution in [0.25, 0.3) is 34.4 Å². The van der Waals surface area contributed by atoms with E-state index in [1.165, 1.54) is 24.3 Å². The van der Waals surface area contributed by atoms with E-state index in [9.17, 15) is 28.8 Å². The Balaban J connectivity index is 0.942. The van der Waals surface area contributed by atoms with Gasteiger partial charge < -0.3 is 35.5 Å². The highest BCUT2D eigenvalue weighted by Gasteiger charge is 2.30. The molecule has 2 aliphatic rings. The number of carbonyl (C=O) groups excluding carboxylic acids is 6. The van der Waals surface area contributed by atoms with Gasteiger partial charge in [0.05, 0.1) is 0 Å². The predicted octanol–water partition coefficient (Wildman–Crippen LogP) is 7.12. The fourth-order valence-corrected chi connectivity index (χ4v) is 7.73. The molecule has 13 nitrogen and oxygen atoms in total. The van der Waals surface area contributed by atoms with E-state index in [2.05, 4.69) is 21.3 Å². The maximum Gasteiger partial charge on any atom is 0.408 e. The van der Waals surface area contributed by atoms with Crippen molar-refractivity contribution in [3.8, 4) is 22.3 Å². The van der Waals surface area contributed by atoms with Gasteiger partial charge in [-0.3, -0.25) is 24.0 Å². The number of hydrogen-bond donors (Lipinski definition) is 4. The molecule has 13 heteroatoms. The number of fused-ring (bicyclic) bond motifs is 6. The maximum absolute atomic E-state index is 12.8. The molecule has 5 aromatic carbocycles. The average Bonchev–Trinajstić information content (AvgIpc) is 3.78. The highest BCUT2D eigenvalue weighted by atomic mass is 16.6. The molecule has 0 radical (unpaired) electrons. The topological polar surface area (TPSA) is 178 Å². The molecule has 0 fully saturated rings. The third kappa shape index (κ3) is 11.4. The van der Waals surface area contributed by atoms with Gasteiger partial charge in [0.2, 0.25) is 17.7 Å². The number of carbonyl (C=O) groups is 6. The Bertz CT molecular complexity index is 2420. The van der Waals surface area contributed by atoms with E-state index in [-0.39, 0.29) is 43.8 Å². The summed E-state index contributed by atoms with van der Waals surface area (Å²) in [5, 5.41) is 10.2. The van der Waals surface area contributed by atoms with Crippen LogP contribution in [-0.2, 0) is 38.2 Å². The average molecular weight is 861 g/mol. The van der Waals surface area contributed by atoms with E-state index in [0.29, 0.717) is 11.1 Å². The van der Waals surface area contributed by atoms with Gasteiger partial charge in [-0.1, -0.05) is 97.1 Å². The molecule has 0 aliphatic heterocycles. The van der Waals surface area contributed by atoms with Gasteiger partial charge in [0.15, 0.2) is 0 Å². The Hall–Kier alpha value is -7.80. The third-order valence-electron chi connectivity index (χ3n) is 10.5. The van der Waals surface area contributed by atoms with Gasteiger partial charge in [0, 0.05) is 29.7 Å². The summed E-state index contributed by atoms with van der Waals surface area (Å²) in [6.45, 7) is 4.22. The number of rotatable bonds is 15. The van der Waals surface area contributed by atoms with E-state index in [1.54, 1.807) is 39.0 Å². The smallest absolute Gasteiger partial charge is 0.408 e. The van der Waals surface area contributed by atoms with Crippen molar-refractivity contribution in [2.45, 2.75) is 38.2 Å². The predicted molar refractivity (Wildman–Crippen MR) is 243 cm³/mol. The van der Waals surface area contributed by atoms with Crippen LogP contribution in [0, 0.1) is 0 Å². The second kappa shape index (κ2) is 19.9. The fraction of sp³-hybridized carbons (Fsp3) is 0.216. The number of benzene rings is 5. The molecule has 2 aliphatic carbocycles. The van der Waals surface area contributed by atoms with E-state index in [1.807, 2.05) is 97.1 Å². The van der Waals surface area contributed by atoms with Crippen LogP contribution in [0.2, 0.25) is 0 Å². The summed E-state index contributed by atoms with van der Waals surface area (Å²) in [7, 11) is 0. The molecule has 0 unspecified atom stereocenters. The number of alkyl carbamates (subject to hydrolysis) is 1. The minimum Gasteiger partial charge on any atom is -0.463 e. The molecule has 0 bridgehead atoms. The molecule has 5 aromatic rings. The molecular formula is C51H48N4O9. The Kier molecular flexibility index (Phi) is 13.8. The number of amides is 4. The van der Waals surface area contributed by atoms with Crippen LogP contribution in [0.5, 0.6) is 0 Å². The van der Waals surface area contributed by atoms with E-state index in [0.717, 1.165) is 44.5 Å². The minimum atomic E-state index is -0.767. The summed E-state index contributed by atoms with van der Waals surface area (Å²) < 4.78 is 16.4. The molecule has 4 N–H and O–H groups in total. The molecule has 4 amide bonds. The molecule has 0 heterocycles. The lowest BCUT2D eigenvalue weighted by molar-refractivity contribution is -0.144. The van der Waals surface area contributed by atoms with Gasteiger partial charge in [-0.15, -0.1) is 0 Å². The zero-order chi connectivity index (χ0) is 45.2. The molecule has 64 heavy (non-hydrogen) atoms. The molecule has 0 atom stereocenters. The first kappa shape index (κ1) is 44.3. The third-order valence-corrected chi connectivity index (χ3v) is 10.5. The molecule has 0 saturated heterocycles. The van der Waals surface area contributed by atoms with Crippen molar-refractivity contribution in [1.29, 1.82) is 0 Å². The van der Waals surface area contributed by atoms with Gasteiger partial charge in [-0.2, -0.15) is 0 Å². The van der Waals surface area contributed by atoms with E-state index < -0.39 is 47.9 Å². The van der Waals surface area contributed by atoms with Crippen molar-refractivity contribution >= 4 is 53.6 Å². The van der Waals surface area contributed by atoms with E-state index in [4.69, 9.17) is 14.2 Å². The first-order valence-corrected chi connectivity index (χ1v) is 20.8. The quantitative estimate of drug-likeness (QED) is 0.0485. The minimum absolute atomic E-state index is 0.119. The Labute approximate surface area is 370 Å². The van der Waals surface area contributed by atoms with E-state index >= 15 is 0 Å². The van der Waals surface area contributed by atoms with Crippen LogP contribution < -0.4 is 21.3 Å². The first-order chi connectivity index (χ1) is 30.8. The normalized spacial score (nSPS) is 12.7. The molecule has 0 spiro atoms. The number of nitrogens with one attached hydrogen (secondary N) is 4. The summed E-state index contributed by atoms with van der Waals surface area (Å²) >= 11 is 0. The fourth-order valence-electron chi connectivity index (χ4n) is 7.73. The van der Waals surface area contributed by atoms with Crippen molar-refractivity contribution in [2.24, 2.45) is 0 Å².